The molecule has 0 radical (unpaired) electrons. The lowest BCUT2D eigenvalue weighted by molar-refractivity contribution is -0.382. The number of methoxy groups -OCH3 is 1. The molecular weight excluding hydrogens is 236 g/mol. The molecule has 0 spiro atoms. The molecule has 0 aromatic heterocycles. The van der Waals surface area contributed by atoms with E-state index in [-0.39, 0.29) is 16.9 Å². The molecule has 0 heterocycles. The van der Waals surface area contributed by atoms with Crippen molar-refractivity contribution < 1.29 is 14.5 Å². The minimum atomic E-state index is -0.693. The highest BCUT2D eigenvalue weighted by atomic mass is 16.6. The fourth-order valence-corrected chi connectivity index (χ4v) is 1.82. The lowest BCUT2D eigenvalue weighted by Crippen LogP contribution is -2.08. The third-order valence-electron chi connectivity index (χ3n) is 2.65. The van der Waals surface area contributed by atoms with Crippen molar-refractivity contribution in [2.75, 3.05) is 12.8 Å². The highest BCUT2D eigenvalue weighted by molar-refractivity contribution is 6.07. The van der Waals surface area contributed by atoms with Crippen LogP contribution in [0.3, 0.4) is 0 Å². The van der Waals surface area contributed by atoms with E-state index in [1.807, 2.05) is 0 Å². The highest BCUT2D eigenvalue weighted by Gasteiger charge is 2.23. The largest absolute Gasteiger partial charge is 0.465 e. The Balaban J connectivity index is 2.88. The molecule has 2 aromatic carbocycles. The average Bonchev–Trinajstić information content (AvgIpc) is 2.36. The Kier molecular flexibility index (Phi) is 2.85. The number of esters is 1. The molecular formula is C12H10N2O4. The van der Waals surface area contributed by atoms with Crippen molar-refractivity contribution in [3.8, 4) is 0 Å². The van der Waals surface area contributed by atoms with E-state index in [2.05, 4.69) is 4.74 Å². The summed E-state index contributed by atoms with van der Waals surface area (Å²) >= 11 is 0. The van der Waals surface area contributed by atoms with Crippen LogP contribution in [0, 0.1) is 10.1 Å². The molecule has 0 saturated carbocycles. The van der Waals surface area contributed by atoms with Gasteiger partial charge in [-0.15, -0.1) is 0 Å². The first kappa shape index (κ1) is 11.8. The second kappa shape index (κ2) is 4.33. The van der Waals surface area contributed by atoms with Crippen molar-refractivity contribution in [3.63, 3.8) is 0 Å². The van der Waals surface area contributed by atoms with E-state index in [4.69, 9.17) is 5.73 Å². The zero-order valence-electron chi connectivity index (χ0n) is 9.54. The second-order valence-electron chi connectivity index (χ2n) is 3.66. The number of nitro groups is 1. The first-order valence-corrected chi connectivity index (χ1v) is 5.10. The van der Waals surface area contributed by atoms with E-state index in [9.17, 15) is 14.9 Å². The van der Waals surface area contributed by atoms with Gasteiger partial charge in [-0.05, 0) is 17.5 Å². The Bertz CT molecular complexity index is 652. The number of hydrogen-bond acceptors (Lipinski definition) is 5. The minimum Gasteiger partial charge on any atom is -0.465 e. The van der Waals surface area contributed by atoms with E-state index < -0.39 is 10.9 Å². The Labute approximate surface area is 102 Å². The molecule has 0 aliphatic rings. The summed E-state index contributed by atoms with van der Waals surface area (Å²) in [6.07, 6.45) is 0. The summed E-state index contributed by atoms with van der Waals surface area (Å²) in [6, 6.07) is 8.15. The maximum Gasteiger partial charge on any atom is 0.340 e. The number of nitrogens with two attached hydrogens (primary N) is 1. The van der Waals surface area contributed by atoms with Crippen LogP contribution in [0.1, 0.15) is 10.4 Å². The van der Waals surface area contributed by atoms with Gasteiger partial charge in [-0.1, -0.05) is 18.2 Å². The van der Waals surface area contributed by atoms with Crippen LogP contribution < -0.4 is 5.73 Å². The third-order valence-corrected chi connectivity index (χ3v) is 2.65. The fraction of sp³-hybridized carbons (Fsp3) is 0.0833. The Morgan fingerprint density at radius 1 is 1.39 bits per heavy atom. The number of ether oxygens (including phenoxy) is 1. The predicted octanol–water partition coefficient (Wildman–Crippen LogP) is 2.12. The molecule has 0 amide bonds. The van der Waals surface area contributed by atoms with Crippen LogP contribution in [-0.2, 0) is 4.74 Å². The second-order valence-corrected chi connectivity index (χ2v) is 3.66. The maximum atomic E-state index is 11.5. The quantitative estimate of drug-likeness (QED) is 0.379. The number of carbonyl (C=O) groups excluding carboxylic acids is 1. The van der Waals surface area contributed by atoms with Crippen molar-refractivity contribution in [1.82, 2.24) is 0 Å². The zero-order chi connectivity index (χ0) is 13.3. The topological polar surface area (TPSA) is 95.5 Å². The van der Waals surface area contributed by atoms with E-state index in [0.29, 0.717) is 10.8 Å². The van der Waals surface area contributed by atoms with Crippen LogP contribution in [0.15, 0.2) is 30.3 Å². The van der Waals surface area contributed by atoms with Gasteiger partial charge in [0.05, 0.1) is 23.0 Å². The van der Waals surface area contributed by atoms with Gasteiger partial charge in [0.2, 0.25) is 0 Å². The molecule has 6 heteroatoms. The van der Waals surface area contributed by atoms with Crippen LogP contribution >= 0.6 is 0 Å². The molecule has 2 N–H and O–H groups in total. The summed E-state index contributed by atoms with van der Waals surface area (Å²) in [5.41, 5.74) is 5.24. The molecule has 2 rings (SSSR count). The predicted molar refractivity (Wildman–Crippen MR) is 66.4 cm³/mol. The summed E-state index contributed by atoms with van der Waals surface area (Å²) in [7, 11) is 1.20. The van der Waals surface area contributed by atoms with E-state index in [1.54, 1.807) is 24.3 Å². The third kappa shape index (κ3) is 1.73. The van der Waals surface area contributed by atoms with Crippen LogP contribution in [0.4, 0.5) is 11.4 Å². The molecule has 0 aliphatic carbocycles. The number of carbonyl (C=O) groups is 1. The number of nitrogens with zero attached hydrogens (tertiary/aromatic N) is 1. The van der Waals surface area contributed by atoms with Crippen molar-refractivity contribution in [2.24, 2.45) is 0 Å². The van der Waals surface area contributed by atoms with Crippen molar-refractivity contribution in [1.29, 1.82) is 0 Å². The first-order chi connectivity index (χ1) is 8.56. The van der Waals surface area contributed by atoms with Crippen LogP contribution in [0.2, 0.25) is 0 Å². The Morgan fingerprint density at radius 2 is 2.06 bits per heavy atom. The van der Waals surface area contributed by atoms with Crippen molar-refractivity contribution in [3.05, 3.63) is 46.0 Å². The SMILES string of the molecule is COC(=O)c1cc2ccccc2c([N+](=O)[O-])c1N. The number of fused-ring (bicyclic) bond motifs is 1. The molecule has 0 bridgehead atoms. The molecule has 0 saturated heterocycles. The van der Waals surface area contributed by atoms with Gasteiger partial charge in [0.1, 0.15) is 5.69 Å². The fourth-order valence-electron chi connectivity index (χ4n) is 1.82. The summed E-state index contributed by atoms with van der Waals surface area (Å²) in [5.74, 6) is -0.693. The molecule has 2 aromatic rings. The average molecular weight is 246 g/mol. The normalized spacial score (nSPS) is 10.3. The Hall–Kier alpha value is -2.63. The molecule has 0 fully saturated rings. The number of anilines is 1. The molecule has 0 unspecified atom stereocenters. The number of rotatable bonds is 2. The minimum absolute atomic E-state index is 0.00269. The Morgan fingerprint density at radius 3 is 2.67 bits per heavy atom. The summed E-state index contributed by atoms with van der Waals surface area (Å²) in [5, 5.41) is 12.0. The van der Waals surface area contributed by atoms with Crippen LogP contribution in [0.25, 0.3) is 10.8 Å². The molecule has 0 aliphatic heterocycles. The van der Waals surface area contributed by atoms with Gasteiger partial charge in [-0.2, -0.15) is 0 Å². The lowest BCUT2D eigenvalue weighted by Gasteiger charge is -2.07. The van der Waals surface area contributed by atoms with Gasteiger partial charge in [0, 0.05) is 0 Å². The number of benzene rings is 2. The first-order valence-electron chi connectivity index (χ1n) is 5.10. The zero-order valence-corrected chi connectivity index (χ0v) is 9.54. The maximum absolute atomic E-state index is 11.5. The van der Waals surface area contributed by atoms with Gasteiger partial charge >= 0.3 is 11.7 Å². The molecule has 6 nitrogen and oxygen atoms in total. The smallest absolute Gasteiger partial charge is 0.340 e. The molecule has 92 valence electrons. The number of nitrogen functional groups attached to an aromatic ring is 1. The van der Waals surface area contributed by atoms with Crippen LogP contribution in [0.5, 0.6) is 0 Å². The molecule has 0 atom stereocenters. The monoisotopic (exact) mass is 246 g/mol. The van der Waals surface area contributed by atoms with Crippen molar-refractivity contribution in [2.45, 2.75) is 0 Å². The van der Waals surface area contributed by atoms with Gasteiger partial charge in [0.15, 0.2) is 0 Å². The standard InChI is InChI=1S/C12H10N2O4/c1-18-12(15)9-6-7-4-2-3-5-8(7)11(10(9)13)14(16)17/h2-6H,13H2,1H3. The summed E-state index contributed by atoms with van der Waals surface area (Å²) in [4.78, 5) is 22.0. The highest BCUT2D eigenvalue weighted by Crippen LogP contribution is 2.34. The summed E-state index contributed by atoms with van der Waals surface area (Å²) < 4.78 is 4.56. The van der Waals surface area contributed by atoms with Gasteiger partial charge in [-0.3, -0.25) is 10.1 Å². The van der Waals surface area contributed by atoms with Gasteiger partial charge < -0.3 is 10.5 Å². The summed E-state index contributed by atoms with van der Waals surface area (Å²) in [6.45, 7) is 0. The lowest BCUT2D eigenvalue weighted by atomic mass is 10.0. The van der Waals surface area contributed by atoms with E-state index in [0.717, 1.165) is 0 Å². The number of hydrogen-bond donors (Lipinski definition) is 1. The van der Waals surface area contributed by atoms with Crippen LogP contribution in [-0.4, -0.2) is 18.0 Å². The molecule has 18 heavy (non-hydrogen) atoms. The van der Waals surface area contributed by atoms with Crippen molar-refractivity contribution >= 4 is 28.1 Å². The van der Waals surface area contributed by atoms with E-state index in [1.165, 1.54) is 13.2 Å². The van der Waals surface area contributed by atoms with Gasteiger partial charge in [-0.25, -0.2) is 4.79 Å². The van der Waals surface area contributed by atoms with E-state index >= 15 is 0 Å². The number of nitro benzene ring substituents is 1. The van der Waals surface area contributed by atoms with Gasteiger partial charge in [0.25, 0.3) is 0 Å².